The number of carboxylic acids is 1. The molecule has 0 unspecified atom stereocenters. The standard InChI is InChI=1S/C24H22O15/c25-9-4-12(28)17-13(5-9)37-22(8-1-2-10(26)11(27)3-8)23(19(17)33)39-24-21(35)20(34)18(32)14(38-24)7-36-16(31)6-15(29)30/h1-5,14,18,20-21,24-28,32,34-35H,6-7H2,(H,29,30)/p-2/t14-,18-,20+,21-,24+/m1/s1. The first-order valence-corrected chi connectivity index (χ1v) is 11.1. The van der Waals surface area contributed by atoms with Crippen molar-refractivity contribution in [2.24, 2.45) is 0 Å². The van der Waals surface area contributed by atoms with Crippen LogP contribution in [-0.4, -0.2) is 79.9 Å². The lowest BCUT2D eigenvalue weighted by molar-refractivity contribution is -0.305. The zero-order valence-corrected chi connectivity index (χ0v) is 19.5. The molecule has 1 saturated heterocycles. The van der Waals surface area contributed by atoms with E-state index in [-0.39, 0.29) is 11.1 Å². The lowest BCUT2D eigenvalue weighted by Crippen LogP contribution is -2.60. The fourth-order valence-corrected chi connectivity index (χ4v) is 3.84. The number of phenolic OH excluding ortho intramolecular Hbond substituents is 3. The Labute approximate surface area is 216 Å². The summed E-state index contributed by atoms with van der Waals surface area (Å²) in [6, 6.07) is 4.86. The highest BCUT2D eigenvalue weighted by atomic mass is 16.7. The summed E-state index contributed by atoms with van der Waals surface area (Å²) in [7, 11) is 0. The van der Waals surface area contributed by atoms with Gasteiger partial charge in [-0.2, -0.15) is 0 Å². The van der Waals surface area contributed by atoms with E-state index in [1.54, 1.807) is 0 Å². The third kappa shape index (κ3) is 5.51. The minimum absolute atomic E-state index is 0.0948. The monoisotopic (exact) mass is 548 g/mol. The van der Waals surface area contributed by atoms with E-state index < -0.39 is 101 Å². The molecule has 0 saturated carbocycles. The van der Waals surface area contributed by atoms with Crippen molar-refractivity contribution in [3.8, 4) is 40.1 Å². The Balaban J connectivity index is 1.76. The van der Waals surface area contributed by atoms with Gasteiger partial charge in [-0.05, 0) is 6.07 Å². The number of ether oxygens (including phenoxy) is 3. The van der Waals surface area contributed by atoms with Crippen LogP contribution < -0.4 is 20.4 Å². The summed E-state index contributed by atoms with van der Waals surface area (Å²) in [5.74, 6) is -6.87. The Hall–Kier alpha value is -4.57. The number of carbonyl (C=O) groups is 2. The SMILES string of the molecule is O=C([O-])CC(=O)OC[C@H]1O[C@@H](Oc2c(-c3ccc([O-])c(O)c3)oc3cc(O)cc(O)c3c2=O)[C@H](O)[C@@H](O)[C@@H]1O. The van der Waals surface area contributed by atoms with Gasteiger partial charge >= 0.3 is 5.97 Å². The van der Waals surface area contributed by atoms with Gasteiger partial charge in [0.2, 0.25) is 17.5 Å². The van der Waals surface area contributed by atoms with E-state index in [0.29, 0.717) is 0 Å². The van der Waals surface area contributed by atoms with E-state index >= 15 is 0 Å². The Bertz CT molecular complexity index is 1480. The van der Waals surface area contributed by atoms with Crippen molar-refractivity contribution in [1.29, 1.82) is 0 Å². The number of carboxylic acid groups (broad SMARTS) is 1. The number of esters is 1. The van der Waals surface area contributed by atoms with Crippen LogP contribution in [0.4, 0.5) is 0 Å². The second-order valence-electron chi connectivity index (χ2n) is 8.47. The van der Waals surface area contributed by atoms with E-state index in [0.717, 1.165) is 30.3 Å². The average Bonchev–Trinajstić information content (AvgIpc) is 2.85. The molecule has 1 aromatic heterocycles. The first-order chi connectivity index (χ1) is 18.4. The van der Waals surface area contributed by atoms with E-state index in [2.05, 4.69) is 4.74 Å². The number of aromatic hydroxyl groups is 3. The molecule has 6 N–H and O–H groups in total. The van der Waals surface area contributed by atoms with Crippen LogP contribution in [0.5, 0.6) is 28.7 Å². The normalized spacial score (nSPS) is 22.9. The Morgan fingerprint density at radius 2 is 1.69 bits per heavy atom. The van der Waals surface area contributed by atoms with Crippen LogP contribution in [0.1, 0.15) is 6.42 Å². The molecule has 1 aliphatic rings. The number of benzene rings is 2. The molecule has 15 heteroatoms. The molecule has 0 aliphatic carbocycles. The van der Waals surface area contributed by atoms with Crippen LogP contribution in [-0.2, 0) is 19.1 Å². The molecule has 1 aliphatic heterocycles. The number of carbonyl (C=O) groups excluding carboxylic acids is 2. The van der Waals surface area contributed by atoms with Crippen molar-refractivity contribution in [3.63, 3.8) is 0 Å². The molecule has 1 fully saturated rings. The van der Waals surface area contributed by atoms with Gasteiger partial charge in [0, 0.05) is 17.7 Å². The number of hydrogen-bond donors (Lipinski definition) is 6. The molecule has 2 heterocycles. The molecule has 0 amide bonds. The number of fused-ring (bicyclic) bond motifs is 1. The molecule has 39 heavy (non-hydrogen) atoms. The Morgan fingerprint density at radius 3 is 2.36 bits per heavy atom. The maximum Gasteiger partial charge on any atom is 0.311 e. The molecule has 0 bridgehead atoms. The van der Waals surface area contributed by atoms with Crippen molar-refractivity contribution < 1.29 is 69.1 Å². The van der Waals surface area contributed by atoms with Gasteiger partial charge in [0.1, 0.15) is 59.2 Å². The van der Waals surface area contributed by atoms with Gasteiger partial charge in [-0.3, -0.25) is 9.59 Å². The quantitative estimate of drug-likeness (QED) is 0.132. The van der Waals surface area contributed by atoms with Crippen molar-refractivity contribution >= 4 is 22.9 Å². The fraction of sp³-hybridized carbons (Fsp3) is 0.292. The second-order valence-corrected chi connectivity index (χ2v) is 8.47. The van der Waals surface area contributed by atoms with Crippen LogP contribution >= 0.6 is 0 Å². The predicted octanol–water partition coefficient (Wildman–Crippen LogP) is -2.48. The molecule has 0 spiro atoms. The largest absolute Gasteiger partial charge is 0.870 e. The third-order valence-corrected chi connectivity index (χ3v) is 5.74. The maximum absolute atomic E-state index is 13.4. The molecular weight excluding hydrogens is 528 g/mol. The van der Waals surface area contributed by atoms with E-state index in [1.807, 2.05) is 0 Å². The summed E-state index contributed by atoms with van der Waals surface area (Å²) in [5.41, 5.74) is -1.49. The zero-order chi connectivity index (χ0) is 28.6. The summed E-state index contributed by atoms with van der Waals surface area (Å²) in [6.45, 7) is -0.797. The molecule has 15 nitrogen and oxygen atoms in total. The van der Waals surface area contributed by atoms with Crippen LogP contribution in [0.15, 0.2) is 39.5 Å². The third-order valence-electron chi connectivity index (χ3n) is 5.74. The van der Waals surface area contributed by atoms with Gasteiger partial charge in [-0.25, -0.2) is 0 Å². The minimum atomic E-state index is -2.01. The highest BCUT2D eigenvalue weighted by molar-refractivity contribution is 5.89. The van der Waals surface area contributed by atoms with Crippen molar-refractivity contribution in [1.82, 2.24) is 0 Å². The topological polar surface area (TPSA) is 260 Å². The van der Waals surface area contributed by atoms with Gasteiger partial charge in [-0.15, -0.1) is 0 Å². The number of aliphatic hydroxyl groups is 3. The summed E-state index contributed by atoms with van der Waals surface area (Å²) < 4.78 is 21.3. The first-order valence-electron chi connectivity index (χ1n) is 11.1. The van der Waals surface area contributed by atoms with E-state index in [4.69, 9.17) is 13.9 Å². The lowest BCUT2D eigenvalue weighted by atomic mass is 9.99. The van der Waals surface area contributed by atoms with Gasteiger partial charge in [0.05, 0.1) is 12.4 Å². The number of hydrogen-bond acceptors (Lipinski definition) is 15. The number of rotatable bonds is 7. The lowest BCUT2D eigenvalue weighted by Gasteiger charge is -2.39. The molecule has 3 aromatic rings. The van der Waals surface area contributed by atoms with Gasteiger partial charge in [0.25, 0.3) is 0 Å². The van der Waals surface area contributed by atoms with Crippen molar-refractivity contribution in [3.05, 3.63) is 40.6 Å². The molecule has 208 valence electrons. The van der Waals surface area contributed by atoms with Crippen molar-refractivity contribution in [2.75, 3.05) is 6.61 Å². The molecule has 0 radical (unpaired) electrons. The summed E-state index contributed by atoms with van der Waals surface area (Å²) >= 11 is 0. The molecule has 4 rings (SSSR count). The predicted molar refractivity (Wildman–Crippen MR) is 120 cm³/mol. The van der Waals surface area contributed by atoms with Crippen LogP contribution in [0.3, 0.4) is 0 Å². The zero-order valence-electron chi connectivity index (χ0n) is 19.5. The van der Waals surface area contributed by atoms with Gasteiger partial charge < -0.3 is 64.3 Å². The van der Waals surface area contributed by atoms with E-state index in [9.17, 15) is 55.2 Å². The number of aliphatic hydroxyl groups excluding tert-OH is 3. The Kier molecular flexibility index (Phi) is 7.51. The second kappa shape index (κ2) is 10.7. The number of aliphatic carboxylic acids is 1. The van der Waals surface area contributed by atoms with Crippen LogP contribution in [0.2, 0.25) is 0 Å². The van der Waals surface area contributed by atoms with E-state index in [1.165, 1.54) is 0 Å². The average molecular weight is 548 g/mol. The summed E-state index contributed by atoms with van der Waals surface area (Å²) in [4.78, 5) is 35.5. The highest BCUT2D eigenvalue weighted by Crippen LogP contribution is 2.39. The fourth-order valence-electron chi connectivity index (χ4n) is 3.84. The first kappa shape index (κ1) is 27.5. The van der Waals surface area contributed by atoms with Gasteiger partial charge in [-0.1, -0.05) is 17.9 Å². The van der Waals surface area contributed by atoms with Crippen LogP contribution in [0.25, 0.3) is 22.3 Å². The number of phenols is 3. The van der Waals surface area contributed by atoms with Crippen LogP contribution in [0, 0.1) is 0 Å². The van der Waals surface area contributed by atoms with Gasteiger partial charge in [0.15, 0.2) is 5.76 Å². The maximum atomic E-state index is 13.4. The minimum Gasteiger partial charge on any atom is -0.870 e. The molecular formula is C24H20O15-2. The molecule has 2 aromatic carbocycles. The summed E-state index contributed by atoms with van der Waals surface area (Å²) in [6.07, 6.45) is -10.5. The van der Waals surface area contributed by atoms with Crippen molar-refractivity contribution in [2.45, 2.75) is 37.1 Å². The highest BCUT2D eigenvalue weighted by Gasteiger charge is 2.46. The Morgan fingerprint density at radius 1 is 0.974 bits per heavy atom. The molecule has 5 atom stereocenters. The smallest absolute Gasteiger partial charge is 0.311 e. The summed E-state index contributed by atoms with van der Waals surface area (Å²) in [5, 5.41) is 82.7.